The number of carboxylic acid groups (broad SMARTS) is 1. The summed E-state index contributed by atoms with van der Waals surface area (Å²) in [7, 11) is 0. The molecule has 140 valence electrons. The Morgan fingerprint density at radius 2 is 1.89 bits per heavy atom. The molecule has 0 fully saturated rings. The van der Waals surface area contributed by atoms with E-state index in [-0.39, 0.29) is 25.3 Å². The van der Waals surface area contributed by atoms with Crippen molar-refractivity contribution in [1.29, 1.82) is 0 Å². The lowest BCUT2D eigenvalue weighted by Gasteiger charge is -2.20. The average molecular weight is 369 g/mol. The molecule has 0 bridgehead atoms. The summed E-state index contributed by atoms with van der Waals surface area (Å²) < 4.78 is 10.3. The monoisotopic (exact) mass is 369 g/mol. The van der Waals surface area contributed by atoms with E-state index in [9.17, 15) is 9.59 Å². The number of nitrogens with zero attached hydrogens (tertiary/aromatic N) is 3. The molecule has 8 heteroatoms. The molecule has 0 unspecified atom stereocenters. The van der Waals surface area contributed by atoms with Crippen LogP contribution in [0.1, 0.15) is 17.9 Å². The van der Waals surface area contributed by atoms with Gasteiger partial charge < -0.3 is 18.9 Å². The predicted molar refractivity (Wildman–Crippen MR) is 94.7 cm³/mol. The molecule has 0 aliphatic carbocycles. The number of hydrogen-bond donors (Lipinski definition) is 1. The summed E-state index contributed by atoms with van der Waals surface area (Å²) in [5.41, 5.74) is 1.04. The van der Waals surface area contributed by atoms with Gasteiger partial charge in [0.05, 0.1) is 6.26 Å². The molecule has 2 aromatic heterocycles. The zero-order valence-corrected chi connectivity index (χ0v) is 14.6. The number of rotatable bonds is 9. The number of carboxylic acids is 1. The summed E-state index contributed by atoms with van der Waals surface area (Å²) >= 11 is 0. The van der Waals surface area contributed by atoms with E-state index in [0.717, 1.165) is 5.56 Å². The molecule has 8 nitrogen and oxygen atoms in total. The minimum Gasteiger partial charge on any atom is -0.480 e. The van der Waals surface area contributed by atoms with E-state index in [1.54, 1.807) is 12.1 Å². The molecule has 0 spiro atoms. The van der Waals surface area contributed by atoms with Crippen LogP contribution in [0.15, 0.2) is 57.7 Å². The van der Waals surface area contributed by atoms with Crippen LogP contribution in [-0.2, 0) is 22.4 Å². The number of benzene rings is 1. The van der Waals surface area contributed by atoms with Gasteiger partial charge in [-0.25, -0.2) is 0 Å². The van der Waals surface area contributed by atoms with Crippen molar-refractivity contribution in [2.24, 2.45) is 0 Å². The first-order valence-electron chi connectivity index (χ1n) is 8.52. The molecule has 0 aliphatic rings. The van der Waals surface area contributed by atoms with Crippen molar-refractivity contribution in [3.63, 3.8) is 0 Å². The Balaban J connectivity index is 1.56. The smallest absolute Gasteiger partial charge is 0.323 e. The van der Waals surface area contributed by atoms with Gasteiger partial charge in [-0.05, 0) is 24.1 Å². The van der Waals surface area contributed by atoms with Crippen LogP contribution in [0.5, 0.6) is 0 Å². The number of aliphatic carboxylic acids is 1. The fourth-order valence-electron chi connectivity index (χ4n) is 2.60. The molecule has 1 amide bonds. The van der Waals surface area contributed by atoms with Gasteiger partial charge in [0, 0.05) is 19.4 Å². The van der Waals surface area contributed by atoms with Crippen LogP contribution in [0, 0.1) is 0 Å². The normalized spacial score (nSPS) is 10.7. The molecule has 0 saturated heterocycles. The summed E-state index contributed by atoms with van der Waals surface area (Å²) in [5.74, 6) is -0.228. The number of carbonyl (C=O) groups is 2. The topological polar surface area (TPSA) is 110 Å². The van der Waals surface area contributed by atoms with Crippen LogP contribution in [0.2, 0.25) is 0 Å². The lowest BCUT2D eigenvalue weighted by Crippen LogP contribution is -2.37. The second kappa shape index (κ2) is 8.79. The highest BCUT2D eigenvalue weighted by Crippen LogP contribution is 2.16. The number of carbonyl (C=O) groups excluding carboxylic acids is 1. The molecule has 1 N–H and O–H groups in total. The van der Waals surface area contributed by atoms with E-state index in [2.05, 4.69) is 10.1 Å². The lowest BCUT2D eigenvalue weighted by molar-refractivity contribution is -0.144. The SMILES string of the molecule is O=C(O)CN(CCc1ccccc1)C(=O)CCc1nc(-c2ccco2)no1. The van der Waals surface area contributed by atoms with Crippen molar-refractivity contribution in [2.75, 3.05) is 13.1 Å². The Labute approximate surface area is 155 Å². The highest BCUT2D eigenvalue weighted by atomic mass is 16.5. The molecule has 0 saturated carbocycles. The summed E-state index contributed by atoms with van der Waals surface area (Å²) in [6.45, 7) is -0.0101. The first-order chi connectivity index (χ1) is 13.1. The number of aromatic nitrogens is 2. The van der Waals surface area contributed by atoms with E-state index in [1.807, 2.05) is 30.3 Å². The maximum Gasteiger partial charge on any atom is 0.323 e. The molecule has 1 aromatic carbocycles. The third-order valence-electron chi connectivity index (χ3n) is 3.95. The Morgan fingerprint density at radius 1 is 1.07 bits per heavy atom. The lowest BCUT2D eigenvalue weighted by atomic mass is 10.1. The summed E-state index contributed by atoms with van der Waals surface area (Å²) in [4.78, 5) is 29.1. The van der Waals surface area contributed by atoms with E-state index in [0.29, 0.717) is 30.4 Å². The largest absolute Gasteiger partial charge is 0.480 e. The van der Waals surface area contributed by atoms with Gasteiger partial charge in [-0.2, -0.15) is 4.98 Å². The predicted octanol–water partition coefficient (Wildman–Crippen LogP) is 2.42. The maximum atomic E-state index is 12.5. The zero-order chi connectivity index (χ0) is 19.1. The van der Waals surface area contributed by atoms with Crippen molar-refractivity contribution in [1.82, 2.24) is 15.0 Å². The summed E-state index contributed by atoms with van der Waals surface area (Å²) in [6.07, 6.45) is 2.41. The highest BCUT2D eigenvalue weighted by Gasteiger charge is 2.18. The van der Waals surface area contributed by atoms with Crippen LogP contribution in [-0.4, -0.2) is 45.1 Å². The van der Waals surface area contributed by atoms with Gasteiger partial charge in [-0.1, -0.05) is 35.5 Å². The molecule has 3 aromatic rings. The van der Waals surface area contributed by atoms with Crippen molar-refractivity contribution in [2.45, 2.75) is 19.3 Å². The quantitative estimate of drug-likeness (QED) is 0.617. The molecule has 0 atom stereocenters. The minimum absolute atomic E-state index is 0.0852. The molecule has 27 heavy (non-hydrogen) atoms. The van der Waals surface area contributed by atoms with Gasteiger partial charge in [0.1, 0.15) is 6.54 Å². The molecule has 0 radical (unpaired) electrons. The van der Waals surface area contributed by atoms with Crippen LogP contribution < -0.4 is 0 Å². The Kier molecular flexibility index (Phi) is 5.98. The minimum atomic E-state index is -1.05. The first-order valence-corrected chi connectivity index (χ1v) is 8.52. The van der Waals surface area contributed by atoms with Gasteiger partial charge in [-0.15, -0.1) is 0 Å². The maximum absolute atomic E-state index is 12.5. The number of aryl methyl sites for hydroxylation is 1. The van der Waals surface area contributed by atoms with Crippen molar-refractivity contribution in [3.05, 3.63) is 60.2 Å². The van der Waals surface area contributed by atoms with Crippen molar-refractivity contribution in [3.8, 4) is 11.6 Å². The second-order valence-electron chi connectivity index (χ2n) is 5.93. The molecule has 3 rings (SSSR count). The van der Waals surface area contributed by atoms with Crippen LogP contribution in [0.25, 0.3) is 11.6 Å². The number of hydrogen-bond acceptors (Lipinski definition) is 6. The Bertz CT molecular complexity index is 874. The zero-order valence-electron chi connectivity index (χ0n) is 14.6. The third-order valence-corrected chi connectivity index (χ3v) is 3.95. The van der Waals surface area contributed by atoms with Gasteiger partial charge in [0.2, 0.25) is 17.6 Å². The average Bonchev–Trinajstić information content (AvgIpc) is 3.35. The third kappa shape index (κ3) is 5.27. The van der Waals surface area contributed by atoms with Gasteiger partial charge >= 0.3 is 5.97 Å². The standard InChI is InChI=1S/C19H19N3O5/c23-17(9-8-16-20-19(21-27-16)15-7-4-12-26-15)22(13-18(24)25)11-10-14-5-2-1-3-6-14/h1-7,12H,8-11,13H2,(H,24,25). The highest BCUT2D eigenvalue weighted by molar-refractivity contribution is 5.81. The molecule has 2 heterocycles. The summed E-state index contributed by atoms with van der Waals surface area (Å²) in [6, 6.07) is 13.0. The summed E-state index contributed by atoms with van der Waals surface area (Å²) in [5, 5.41) is 12.9. The molecular weight excluding hydrogens is 350 g/mol. The second-order valence-corrected chi connectivity index (χ2v) is 5.93. The Hall–Kier alpha value is -3.42. The van der Waals surface area contributed by atoms with Gasteiger partial charge in [0.25, 0.3) is 0 Å². The van der Waals surface area contributed by atoms with Crippen LogP contribution >= 0.6 is 0 Å². The van der Waals surface area contributed by atoms with E-state index >= 15 is 0 Å². The first kappa shape index (κ1) is 18.4. The molecular formula is C19H19N3O5. The van der Waals surface area contributed by atoms with E-state index in [4.69, 9.17) is 14.0 Å². The van der Waals surface area contributed by atoms with E-state index < -0.39 is 5.97 Å². The Morgan fingerprint density at radius 3 is 2.59 bits per heavy atom. The van der Waals surface area contributed by atoms with Crippen LogP contribution in [0.4, 0.5) is 0 Å². The fourth-order valence-corrected chi connectivity index (χ4v) is 2.60. The number of furan rings is 1. The van der Waals surface area contributed by atoms with Gasteiger partial charge in [-0.3, -0.25) is 9.59 Å². The number of amides is 1. The van der Waals surface area contributed by atoms with Crippen molar-refractivity contribution < 1.29 is 23.6 Å². The molecule has 0 aliphatic heterocycles. The van der Waals surface area contributed by atoms with Crippen LogP contribution in [0.3, 0.4) is 0 Å². The van der Waals surface area contributed by atoms with Gasteiger partial charge in [0.15, 0.2) is 5.76 Å². The van der Waals surface area contributed by atoms with E-state index in [1.165, 1.54) is 11.2 Å². The fraction of sp³-hybridized carbons (Fsp3) is 0.263. The van der Waals surface area contributed by atoms with Crippen molar-refractivity contribution >= 4 is 11.9 Å².